The number of nitrogens with one attached hydrogen (secondary N) is 2. The molecule has 0 saturated heterocycles. The molecule has 0 aliphatic heterocycles. The molecule has 0 saturated carbocycles. The third-order valence-electron chi connectivity index (χ3n) is 3.58. The molecule has 21 heavy (non-hydrogen) atoms. The first-order valence-electron chi connectivity index (χ1n) is 7.25. The summed E-state index contributed by atoms with van der Waals surface area (Å²) in [5, 5.41) is 14.4. The summed E-state index contributed by atoms with van der Waals surface area (Å²) in [5.41, 5.74) is 1.77. The Morgan fingerprint density at radius 1 is 1.24 bits per heavy atom. The molecule has 2 amide bonds. The lowest BCUT2D eigenvalue weighted by Crippen LogP contribution is -2.46. The molecule has 0 fully saturated rings. The number of anilines is 1. The molecule has 3 N–H and O–H groups in total. The van der Waals surface area contributed by atoms with Gasteiger partial charge in [-0.15, -0.1) is 0 Å². The molecule has 0 spiro atoms. The topological polar surface area (TPSA) is 78.4 Å². The lowest BCUT2D eigenvalue weighted by atomic mass is 9.99. The van der Waals surface area contributed by atoms with Gasteiger partial charge in [0.2, 0.25) is 0 Å². The van der Waals surface area contributed by atoms with Gasteiger partial charge in [0.25, 0.3) is 0 Å². The van der Waals surface area contributed by atoms with Gasteiger partial charge in [0.05, 0.1) is 0 Å². The minimum Gasteiger partial charge on any atom is -0.480 e. The number of hydrogen-bond donors (Lipinski definition) is 3. The zero-order valence-corrected chi connectivity index (χ0v) is 13.0. The molecule has 1 aromatic rings. The maximum absolute atomic E-state index is 11.9. The van der Waals surface area contributed by atoms with E-state index in [0.29, 0.717) is 18.0 Å². The lowest BCUT2D eigenvalue weighted by Gasteiger charge is -2.20. The van der Waals surface area contributed by atoms with Gasteiger partial charge >= 0.3 is 12.0 Å². The largest absolute Gasteiger partial charge is 0.480 e. The smallest absolute Gasteiger partial charge is 0.326 e. The van der Waals surface area contributed by atoms with Gasteiger partial charge in [0, 0.05) is 5.69 Å². The second-order valence-corrected chi connectivity index (χ2v) is 5.58. The monoisotopic (exact) mass is 292 g/mol. The Morgan fingerprint density at radius 3 is 2.43 bits per heavy atom. The van der Waals surface area contributed by atoms with E-state index in [-0.39, 0.29) is 5.92 Å². The van der Waals surface area contributed by atoms with Crippen LogP contribution in [0.5, 0.6) is 0 Å². The predicted molar refractivity (Wildman–Crippen MR) is 83.6 cm³/mol. The van der Waals surface area contributed by atoms with E-state index in [0.717, 1.165) is 5.56 Å². The fraction of sp³-hybridized carbons (Fsp3) is 0.500. The number of hydrogen-bond acceptors (Lipinski definition) is 2. The molecule has 116 valence electrons. The first kappa shape index (κ1) is 17.0. The van der Waals surface area contributed by atoms with Crippen LogP contribution in [0.3, 0.4) is 0 Å². The number of amides is 2. The number of urea groups is 1. The highest BCUT2D eigenvalue weighted by Gasteiger charge is 2.25. The van der Waals surface area contributed by atoms with Crippen molar-refractivity contribution in [2.45, 2.75) is 46.1 Å². The van der Waals surface area contributed by atoms with Gasteiger partial charge in [0.15, 0.2) is 0 Å². The van der Waals surface area contributed by atoms with Crippen molar-refractivity contribution in [3.8, 4) is 0 Å². The fourth-order valence-electron chi connectivity index (χ4n) is 1.97. The molecule has 0 aliphatic rings. The molecule has 1 aromatic carbocycles. The number of carbonyl (C=O) groups is 2. The highest BCUT2D eigenvalue weighted by Crippen LogP contribution is 2.18. The maximum Gasteiger partial charge on any atom is 0.326 e. The molecular weight excluding hydrogens is 268 g/mol. The second kappa shape index (κ2) is 7.67. The molecule has 1 rings (SSSR count). The molecular formula is C16H24N2O3. The average molecular weight is 292 g/mol. The van der Waals surface area contributed by atoms with Gasteiger partial charge in [0.1, 0.15) is 6.04 Å². The first-order chi connectivity index (χ1) is 9.85. The summed E-state index contributed by atoms with van der Waals surface area (Å²) in [7, 11) is 0. The average Bonchev–Trinajstić information content (AvgIpc) is 2.43. The molecule has 5 heteroatoms. The van der Waals surface area contributed by atoms with E-state index in [1.807, 2.05) is 25.1 Å². The van der Waals surface area contributed by atoms with Crippen LogP contribution in [0.4, 0.5) is 10.5 Å². The van der Waals surface area contributed by atoms with Gasteiger partial charge in [-0.2, -0.15) is 0 Å². The molecule has 1 unspecified atom stereocenters. The van der Waals surface area contributed by atoms with Gasteiger partial charge in [-0.1, -0.05) is 46.2 Å². The van der Waals surface area contributed by atoms with Gasteiger partial charge in [-0.3, -0.25) is 0 Å². The molecule has 2 atom stereocenters. The Hall–Kier alpha value is -2.04. The lowest BCUT2D eigenvalue weighted by molar-refractivity contribution is -0.140. The van der Waals surface area contributed by atoms with E-state index < -0.39 is 18.0 Å². The molecule has 0 bridgehead atoms. The molecule has 0 radical (unpaired) electrons. The Labute approximate surface area is 125 Å². The third-order valence-corrected chi connectivity index (χ3v) is 3.58. The van der Waals surface area contributed by atoms with Gasteiger partial charge < -0.3 is 15.7 Å². The van der Waals surface area contributed by atoms with Crippen LogP contribution in [-0.4, -0.2) is 23.1 Å². The predicted octanol–water partition coefficient (Wildman–Crippen LogP) is 3.43. The van der Waals surface area contributed by atoms with Crippen molar-refractivity contribution in [3.05, 3.63) is 29.8 Å². The van der Waals surface area contributed by atoms with Gasteiger partial charge in [-0.25, -0.2) is 9.59 Å². The number of aliphatic carboxylic acids is 1. The quantitative estimate of drug-likeness (QED) is 0.751. The van der Waals surface area contributed by atoms with Crippen molar-refractivity contribution in [2.24, 2.45) is 5.92 Å². The van der Waals surface area contributed by atoms with Crippen LogP contribution in [0.15, 0.2) is 24.3 Å². The number of rotatable bonds is 6. The fourth-order valence-corrected chi connectivity index (χ4v) is 1.97. The van der Waals surface area contributed by atoms with E-state index in [1.54, 1.807) is 13.0 Å². The molecule has 0 heterocycles. The van der Waals surface area contributed by atoms with Crippen LogP contribution in [-0.2, 0) is 4.79 Å². The van der Waals surface area contributed by atoms with Gasteiger partial charge in [-0.05, 0) is 29.5 Å². The van der Waals surface area contributed by atoms with Crippen molar-refractivity contribution in [3.63, 3.8) is 0 Å². The Bertz CT molecular complexity index is 500. The summed E-state index contributed by atoms with van der Waals surface area (Å²) in [5.74, 6) is -0.785. The second-order valence-electron chi connectivity index (χ2n) is 5.58. The Morgan fingerprint density at radius 2 is 1.90 bits per heavy atom. The van der Waals surface area contributed by atoms with Crippen LogP contribution in [0.2, 0.25) is 0 Å². The van der Waals surface area contributed by atoms with Crippen molar-refractivity contribution in [2.75, 3.05) is 5.32 Å². The van der Waals surface area contributed by atoms with Crippen molar-refractivity contribution in [1.29, 1.82) is 0 Å². The van der Waals surface area contributed by atoms with Crippen LogP contribution < -0.4 is 10.6 Å². The molecule has 0 aromatic heterocycles. The van der Waals surface area contributed by atoms with E-state index in [4.69, 9.17) is 5.11 Å². The van der Waals surface area contributed by atoms with Crippen LogP contribution in [0.1, 0.15) is 45.6 Å². The SMILES string of the molecule is CCC(C)[C@H](NC(=O)Nc1cccc(C(C)C)c1)C(=O)O. The summed E-state index contributed by atoms with van der Waals surface area (Å²) in [4.78, 5) is 23.1. The summed E-state index contributed by atoms with van der Waals surface area (Å²) < 4.78 is 0. The number of carbonyl (C=O) groups excluding carboxylic acids is 1. The van der Waals surface area contributed by atoms with Crippen molar-refractivity contribution < 1.29 is 14.7 Å². The maximum atomic E-state index is 11.9. The summed E-state index contributed by atoms with van der Waals surface area (Å²) in [6.07, 6.45) is 0.681. The highest BCUT2D eigenvalue weighted by molar-refractivity contribution is 5.92. The van der Waals surface area contributed by atoms with Crippen LogP contribution in [0.25, 0.3) is 0 Å². The van der Waals surface area contributed by atoms with E-state index in [9.17, 15) is 9.59 Å². The zero-order chi connectivity index (χ0) is 16.0. The summed E-state index contributed by atoms with van der Waals surface area (Å²) in [6.45, 7) is 7.84. The zero-order valence-electron chi connectivity index (χ0n) is 13.0. The third kappa shape index (κ3) is 5.10. The Kier molecular flexibility index (Phi) is 6.21. The van der Waals surface area contributed by atoms with E-state index in [2.05, 4.69) is 24.5 Å². The highest BCUT2D eigenvalue weighted by atomic mass is 16.4. The standard InChI is InChI=1S/C16H24N2O3/c1-5-11(4)14(15(19)20)18-16(21)17-13-8-6-7-12(9-13)10(2)3/h6-11,14H,5H2,1-4H3,(H,19,20)(H2,17,18,21)/t11?,14-/m0/s1. The van der Waals surface area contributed by atoms with E-state index >= 15 is 0 Å². The number of carboxylic acid groups (broad SMARTS) is 1. The summed E-state index contributed by atoms with van der Waals surface area (Å²) in [6, 6.07) is 6.15. The number of benzene rings is 1. The molecule has 0 aliphatic carbocycles. The van der Waals surface area contributed by atoms with Crippen molar-refractivity contribution >= 4 is 17.7 Å². The minimum absolute atomic E-state index is 0.129. The number of carboxylic acids is 1. The van der Waals surface area contributed by atoms with Crippen LogP contribution in [0, 0.1) is 5.92 Å². The minimum atomic E-state index is -1.02. The normalized spacial score (nSPS) is 13.6. The van der Waals surface area contributed by atoms with Crippen molar-refractivity contribution in [1.82, 2.24) is 5.32 Å². The van der Waals surface area contributed by atoms with E-state index in [1.165, 1.54) is 0 Å². The molecule has 5 nitrogen and oxygen atoms in total. The Balaban J connectivity index is 2.72. The summed E-state index contributed by atoms with van der Waals surface area (Å²) >= 11 is 0. The first-order valence-corrected chi connectivity index (χ1v) is 7.25. The van der Waals surface area contributed by atoms with Crippen LogP contribution >= 0.6 is 0 Å².